The maximum atomic E-state index is 13.2. The summed E-state index contributed by atoms with van der Waals surface area (Å²) in [4.78, 5) is 13.5. The van der Waals surface area contributed by atoms with Gasteiger partial charge in [0.05, 0.1) is 13.2 Å². The van der Waals surface area contributed by atoms with Gasteiger partial charge in [-0.15, -0.1) is 0 Å². The number of rotatable bonds is 10. The van der Waals surface area contributed by atoms with Gasteiger partial charge >= 0.3 is 7.60 Å². The molecule has 0 aliphatic rings. The van der Waals surface area contributed by atoms with Gasteiger partial charge in [0, 0.05) is 14.1 Å². The molecule has 0 N–H and O–H groups in total. The molecule has 0 fully saturated rings. The molecular weight excluding hydrogens is 349 g/mol. The zero-order valence-electron chi connectivity index (χ0n) is 18.7. The molecule has 0 aromatic rings. The van der Waals surface area contributed by atoms with E-state index >= 15 is 0 Å². The first kappa shape index (κ1) is 25.6. The van der Waals surface area contributed by atoms with Crippen LogP contribution in [-0.2, 0) is 18.4 Å². The highest BCUT2D eigenvalue weighted by Gasteiger charge is 2.31. The van der Waals surface area contributed by atoms with E-state index in [0.717, 1.165) is 12.8 Å². The molecule has 2 atom stereocenters. The Kier molecular flexibility index (Phi) is 10.1. The fraction of sp³-hybridized carbons (Fsp3) is 0.950. The van der Waals surface area contributed by atoms with Crippen LogP contribution < -0.4 is 0 Å². The van der Waals surface area contributed by atoms with Gasteiger partial charge in [-0.05, 0) is 35.5 Å². The van der Waals surface area contributed by atoms with Crippen LogP contribution in [0.15, 0.2) is 0 Å². The topological polar surface area (TPSA) is 55.8 Å². The van der Waals surface area contributed by atoms with Crippen molar-refractivity contribution in [2.45, 2.75) is 68.2 Å². The van der Waals surface area contributed by atoms with E-state index in [1.165, 1.54) is 4.90 Å². The van der Waals surface area contributed by atoms with Gasteiger partial charge in [-0.3, -0.25) is 9.36 Å². The van der Waals surface area contributed by atoms with Gasteiger partial charge in [0.25, 0.3) is 0 Å². The highest BCUT2D eigenvalue weighted by molar-refractivity contribution is 7.54. The molecule has 26 heavy (non-hydrogen) atoms. The van der Waals surface area contributed by atoms with E-state index in [2.05, 4.69) is 55.4 Å². The third-order valence-electron chi connectivity index (χ3n) is 3.86. The second-order valence-corrected chi connectivity index (χ2v) is 12.4. The maximum absolute atomic E-state index is 13.2. The van der Waals surface area contributed by atoms with Crippen LogP contribution in [0.1, 0.15) is 68.2 Å². The van der Waals surface area contributed by atoms with Crippen molar-refractivity contribution in [1.82, 2.24) is 4.90 Å². The second-order valence-electron chi connectivity index (χ2n) is 10.4. The van der Waals surface area contributed by atoms with Crippen LogP contribution >= 0.6 is 7.60 Å². The summed E-state index contributed by atoms with van der Waals surface area (Å²) in [7, 11) is -0.159. The fourth-order valence-corrected chi connectivity index (χ4v) is 4.96. The lowest BCUT2D eigenvalue weighted by Crippen LogP contribution is -2.27. The van der Waals surface area contributed by atoms with Crippen LogP contribution in [0.3, 0.4) is 0 Å². The Balaban J connectivity index is 4.91. The molecule has 0 saturated carbocycles. The molecule has 6 heteroatoms. The van der Waals surface area contributed by atoms with Crippen LogP contribution in [-0.4, -0.2) is 44.3 Å². The molecule has 1 amide bonds. The van der Waals surface area contributed by atoms with E-state index in [4.69, 9.17) is 9.05 Å². The minimum Gasteiger partial charge on any atom is -0.348 e. The van der Waals surface area contributed by atoms with E-state index < -0.39 is 7.60 Å². The summed E-state index contributed by atoms with van der Waals surface area (Å²) in [6.07, 6.45) is 1.70. The molecule has 0 bridgehead atoms. The maximum Gasteiger partial charge on any atom is 0.340 e. The number of carbonyl (C=O) groups excluding carboxylic acids is 1. The summed E-state index contributed by atoms with van der Waals surface area (Å²) in [6.45, 7) is 17.8. The Hall–Kier alpha value is -0.380. The summed E-state index contributed by atoms with van der Waals surface area (Å²) < 4.78 is 24.6. The SMILES string of the molecule is CC(COP(=O)(CC(=O)N(C)C)OCC(C)CC(C)(C)C)CC(C)(C)C. The normalized spacial score (nSPS) is 17.5. The third-order valence-corrected chi connectivity index (χ3v) is 5.60. The number of nitrogens with zero attached hydrogens (tertiary/aromatic N) is 1. The van der Waals surface area contributed by atoms with Crippen molar-refractivity contribution in [3.8, 4) is 0 Å². The molecule has 0 radical (unpaired) electrons. The van der Waals surface area contributed by atoms with Crippen molar-refractivity contribution in [1.29, 1.82) is 0 Å². The summed E-state index contributed by atoms with van der Waals surface area (Å²) >= 11 is 0. The van der Waals surface area contributed by atoms with E-state index in [-0.39, 0.29) is 34.7 Å². The van der Waals surface area contributed by atoms with Crippen LogP contribution in [0, 0.1) is 22.7 Å². The van der Waals surface area contributed by atoms with Crippen molar-refractivity contribution >= 4 is 13.5 Å². The average Bonchev–Trinajstić information content (AvgIpc) is 2.39. The van der Waals surface area contributed by atoms with Gasteiger partial charge in [0.2, 0.25) is 5.91 Å². The molecule has 0 aliphatic heterocycles. The van der Waals surface area contributed by atoms with Gasteiger partial charge in [-0.1, -0.05) is 55.4 Å². The lowest BCUT2D eigenvalue weighted by Gasteiger charge is -2.27. The lowest BCUT2D eigenvalue weighted by atomic mass is 9.86. The van der Waals surface area contributed by atoms with Gasteiger partial charge in [-0.2, -0.15) is 0 Å². The first-order valence-electron chi connectivity index (χ1n) is 9.61. The van der Waals surface area contributed by atoms with E-state index in [9.17, 15) is 9.36 Å². The van der Waals surface area contributed by atoms with Crippen LogP contribution in [0.5, 0.6) is 0 Å². The average molecular weight is 392 g/mol. The first-order valence-corrected chi connectivity index (χ1v) is 11.3. The Bertz CT molecular complexity index is 447. The zero-order valence-corrected chi connectivity index (χ0v) is 19.6. The predicted molar refractivity (Wildman–Crippen MR) is 110 cm³/mol. The molecule has 156 valence electrons. The number of amides is 1. The van der Waals surface area contributed by atoms with Crippen molar-refractivity contribution in [3.63, 3.8) is 0 Å². The fourth-order valence-electron chi connectivity index (χ4n) is 3.13. The van der Waals surface area contributed by atoms with Gasteiger partial charge in [-0.25, -0.2) is 0 Å². The quantitative estimate of drug-likeness (QED) is 0.465. The van der Waals surface area contributed by atoms with E-state index in [1.807, 2.05) is 0 Å². The van der Waals surface area contributed by atoms with Crippen LogP contribution in [0.4, 0.5) is 0 Å². The molecule has 0 spiro atoms. The van der Waals surface area contributed by atoms with E-state index in [1.54, 1.807) is 14.1 Å². The summed E-state index contributed by atoms with van der Waals surface area (Å²) in [6, 6.07) is 0. The highest BCUT2D eigenvalue weighted by atomic mass is 31.2. The Morgan fingerprint density at radius 3 is 1.50 bits per heavy atom. The summed E-state index contributed by atoms with van der Waals surface area (Å²) in [5, 5.41) is 0. The van der Waals surface area contributed by atoms with Gasteiger partial charge < -0.3 is 13.9 Å². The van der Waals surface area contributed by atoms with Crippen molar-refractivity contribution in [2.24, 2.45) is 22.7 Å². The molecule has 0 heterocycles. The van der Waals surface area contributed by atoms with Gasteiger partial charge in [0.15, 0.2) is 0 Å². The molecule has 0 rings (SSSR count). The zero-order chi connectivity index (χ0) is 20.8. The smallest absolute Gasteiger partial charge is 0.340 e. The monoisotopic (exact) mass is 391 g/mol. The Morgan fingerprint density at radius 2 is 1.23 bits per heavy atom. The predicted octanol–water partition coefficient (Wildman–Crippen LogP) is 5.45. The molecule has 2 unspecified atom stereocenters. The minimum absolute atomic E-state index is 0.175. The molecule has 0 aromatic carbocycles. The van der Waals surface area contributed by atoms with Crippen molar-refractivity contribution in [3.05, 3.63) is 0 Å². The Morgan fingerprint density at radius 1 is 0.885 bits per heavy atom. The van der Waals surface area contributed by atoms with Gasteiger partial charge in [0.1, 0.15) is 6.16 Å². The molecule has 0 aliphatic carbocycles. The lowest BCUT2D eigenvalue weighted by molar-refractivity contribution is -0.126. The van der Waals surface area contributed by atoms with Crippen LogP contribution in [0.25, 0.3) is 0 Å². The van der Waals surface area contributed by atoms with E-state index in [0.29, 0.717) is 13.2 Å². The molecule has 0 saturated heterocycles. The number of carbonyl (C=O) groups is 1. The minimum atomic E-state index is -3.46. The highest BCUT2D eigenvalue weighted by Crippen LogP contribution is 2.49. The molecule has 0 aromatic heterocycles. The van der Waals surface area contributed by atoms with Crippen molar-refractivity contribution in [2.75, 3.05) is 33.5 Å². The Labute approximate surface area is 161 Å². The standard InChI is InChI=1S/C20H42NO4P/c1-16(11-19(3,4)5)13-24-26(23,15-18(22)21(9)10)25-14-17(2)12-20(6,7)8/h16-17H,11-15H2,1-10H3. The first-order chi connectivity index (χ1) is 11.5. The molecule has 5 nitrogen and oxygen atoms in total. The summed E-state index contributed by atoms with van der Waals surface area (Å²) in [5.74, 6) is 0.252. The summed E-state index contributed by atoms with van der Waals surface area (Å²) in [5.41, 5.74) is 0.350. The van der Waals surface area contributed by atoms with Crippen LogP contribution in [0.2, 0.25) is 0 Å². The molecular formula is C20H42NO4P. The third kappa shape index (κ3) is 12.9. The number of hydrogen-bond acceptors (Lipinski definition) is 4. The van der Waals surface area contributed by atoms with Crippen molar-refractivity contribution < 1.29 is 18.4 Å². The largest absolute Gasteiger partial charge is 0.348 e. The second kappa shape index (κ2) is 10.2. The number of hydrogen-bond donors (Lipinski definition) is 0.